The standard InChI is InChI=1S/C27H30FN5O3S/c1-20-9-23(12-28)11-25(10-20)33-17-24(7-8-37(2,35)36)31(18-27(33)34)16-26-14-30-19-32(26)15-22-5-3-21(13-29)4-6-22/h3-6,9-11,14,19,24H,7-8,12,15-18H2,1-2H3. The van der Waals surface area contributed by atoms with Gasteiger partial charge in [-0.3, -0.25) is 9.69 Å². The van der Waals surface area contributed by atoms with Crippen LogP contribution in [0.1, 0.15) is 34.4 Å². The Morgan fingerprint density at radius 3 is 2.57 bits per heavy atom. The molecule has 1 unspecified atom stereocenters. The van der Waals surface area contributed by atoms with Gasteiger partial charge in [0.05, 0.1) is 36.0 Å². The molecule has 194 valence electrons. The number of carbonyl (C=O) groups is 1. The molecule has 0 spiro atoms. The Hall–Kier alpha value is -3.55. The maximum atomic E-state index is 13.4. The number of anilines is 1. The zero-order valence-corrected chi connectivity index (χ0v) is 21.8. The van der Waals surface area contributed by atoms with Gasteiger partial charge in [-0.25, -0.2) is 17.8 Å². The molecule has 1 aliphatic heterocycles. The normalized spacial score (nSPS) is 16.6. The molecular weight excluding hydrogens is 493 g/mol. The highest BCUT2D eigenvalue weighted by Gasteiger charge is 2.34. The highest BCUT2D eigenvalue weighted by Crippen LogP contribution is 2.26. The molecule has 8 nitrogen and oxygen atoms in total. The number of hydrogen-bond acceptors (Lipinski definition) is 6. The maximum absolute atomic E-state index is 13.4. The van der Waals surface area contributed by atoms with Crippen molar-refractivity contribution in [3.63, 3.8) is 0 Å². The number of benzene rings is 2. The van der Waals surface area contributed by atoms with Crippen molar-refractivity contribution in [2.75, 3.05) is 30.0 Å². The minimum atomic E-state index is -3.20. The summed E-state index contributed by atoms with van der Waals surface area (Å²) in [7, 11) is -3.20. The molecule has 0 radical (unpaired) electrons. The third-order valence-electron chi connectivity index (χ3n) is 6.56. The number of amides is 1. The minimum absolute atomic E-state index is 0.00421. The highest BCUT2D eigenvalue weighted by molar-refractivity contribution is 7.90. The lowest BCUT2D eigenvalue weighted by Crippen LogP contribution is -2.56. The van der Waals surface area contributed by atoms with E-state index in [-0.39, 0.29) is 24.2 Å². The third-order valence-corrected chi connectivity index (χ3v) is 7.54. The molecule has 4 rings (SSSR count). The van der Waals surface area contributed by atoms with Gasteiger partial charge in [-0.1, -0.05) is 18.2 Å². The molecular formula is C27H30FN5O3S. The molecule has 0 aliphatic carbocycles. The van der Waals surface area contributed by atoms with E-state index in [1.165, 1.54) is 6.26 Å². The average molecular weight is 524 g/mol. The zero-order chi connectivity index (χ0) is 26.6. The van der Waals surface area contributed by atoms with Crippen LogP contribution in [0.2, 0.25) is 0 Å². The molecule has 1 fully saturated rings. The second-order valence-electron chi connectivity index (χ2n) is 9.61. The van der Waals surface area contributed by atoms with E-state index in [0.29, 0.717) is 42.9 Å². The number of aromatic nitrogens is 2. The summed E-state index contributed by atoms with van der Waals surface area (Å²) in [5, 5.41) is 9.03. The molecule has 37 heavy (non-hydrogen) atoms. The van der Waals surface area contributed by atoms with Gasteiger partial charge in [-0.2, -0.15) is 5.26 Å². The van der Waals surface area contributed by atoms with Crippen molar-refractivity contribution in [1.82, 2.24) is 14.5 Å². The van der Waals surface area contributed by atoms with Crippen molar-refractivity contribution in [3.05, 3.63) is 82.9 Å². The molecule has 0 saturated carbocycles. The molecule has 1 aromatic heterocycles. The van der Waals surface area contributed by atoms with E-state index in [9.17, 15) is 17.6 Å². The second-order valence-corrected chi connectivity index (χ2v) is 11.9. The lowest BCUT2D eigenvalue weighted by Gasteiger charge is -2.41. The van der Waals surface area contributed by atoms with Crippen molar-refractivity contribution >= 4 is 21.4 Å². The van der Waals surface area contributed by atoms with Gasteiger partial charge in [0.1, 0.15) is 16.5 Å². The predicted molar refractivity (Wildman–Crippen MR) is 139 cm³/mol. The number of alkyl halides is 1. The maximum Gasteiger partial charge on any atom is 0.241 e. The molecule has 2 heterocycles. The molecule has 1 atom stereocenters. The monoisotopic (exact) mass is 523 g/mol. The summed E-state index contributed by atoms with van der Waals surface area (Å²) >= 11 is 0. The Morgan fingerprint density at radius 2 is 1.89 bits per heavy atom. The van der Waals surface area contributed by atoms with E-state index >= 15 is 0 Å². The van der Waals surface area contributed by atoms with E-state index in [1.807, 2.05) is 34.6 Å². The summed E-state index contributed by atoms with van der Waals surface area (Å²) in [6.45, 7) is 2.64. The summed E-state index contributed by atoms with van der Waals surface area (Å²) in [5.41, 5.74) is 4.49. The Morgan fingerprint density at radius 1 is 1.14 bits per heavy atom. The number of aryl methyl sites for hydroxylation is 1. The smallest absolute Gasteiger partial charge is 0.241 e. The second kappa shape index (κ2) is 11.2. The highest BCUT2D eigenvalue weighted by atomic mass is 32.2. The van der Waals surface area contributed by atoms with Crippen LogP contribution in [0.25, 0.3) is 0 Å². The van der Waals surface area contributed by atoms with Gasteiger partial charge in [0, 0.05) is 43.8 Å². The summed E-state index contributed by atoms with van der Waals surface area (Å²) in [5.74, 6) is -0.117. The fourth-order valence-electron chi connectivity index (χ4n) is 4.66. The number of nitriles is 1. The largest absolute Gasteiger partial charge is 0.329 e. The third kappa shape index (κ3) is 6.81. The Balaban J connectivity index is 1.56. The van der Waals surface area contributed by atoms with Crippen LogP contribution in [0, 0.1) is 18.3 Å². The van der Waals surface area contributed by atoms with E-state index in [4.69, 9.17) is 5.26 Å². The van der Waals surface area contributed by atoms with Crippen molar-refractivity contribution in [3.8, 4) is 6.07 Å². The quantitative estimate of drug-likeness (QED) is 0.427. The SMILES string of the molecule is Cc1cc(CF)cc(N2CC(CCS(C)(=O)=O)N(Cc3cncn3Cc3ccc(C#N)cc3)CC2=O)c1. The number of imidazole rings is 1. The summed E-state index contributed by atoms with van der Waals surface area (Å²) in [4.78, 5) is 21.2. The Labute approximate surface area is 216 Å². The van der Waals surface area contributed by atoms with Crippen LogP contribution in [-0.2, 0) is 34.4 Å². The molecule has 1 aliphatic rings. The lowest BCUT2D eigenvalue weighted by molar-refractivity contribution is -0.122. The molecule has 3 aromatic rings. The van der Waals surface area contributed by atoms with Crippen LogP contribution >= 0.6 is 0 Å². The van der Waals surface area contributed by atoms with Gasteiger partial charge in [-0.05, 0) is 54.3 Å². The summed E-state index contributed by atoms with van der Waals surface area (Å²) < 4.78 is 39.3. The summed E-state index contributed by atoms with van der Waals surface area (Å²) in [6, 6.07) is 14.5. The number of hydrogen-bond donors (Lipinski definition) is 0. The molecule has 1 saturated heterocycles. The van der Waals surface area contributed by atoms with E-state index < -0.39 is 16.5 Å². The Bertz CT molecular complexity index is 1410. The van der Waals surface area contributed by atoms with Crippen LogP contribution in [0.3, 0.4) is 0 Å². The first-order valence-corrected chi connectivity index (χ1v) is 14.1. The van der Waals surface area contributed by atoms with Crippen LogP contribution < -0.4 is 4.90 Å². The first-order chi connectivity index (χ1) is 17.6. The van der Waals surface area contributed by atoms with Crippen molar-refractivity contribution in [1.29, 1.82) is 5.26 Å². The number of sulfone groups is 1. The fraction of sp³-hybridized carbons (Fsp3) is 0.370. The molecule has 10 heteroatoms. The summed E-state index contributed by atoms with van der Waals surface area (Å²) in [6.07, 6.45) is 5.06. The topological polar surface area (TPSA) is 99.3 Å². The molecule has 0 bridgehead atoms. The average Bonchev–Trinajstić information content (AvgIpc) is 3.29. The van der Waals surface area contributed by atoms with Gasteiger partial charge >= 0.3 is 0 Å². The van der Waals surface area contributed by atoms with E-state index in [1.54, 1.807) is 41.7 Å². The van der Waals surface area contributed by atoms with Crippen LogP contribution in [0.4, 0.5) is 10.1 Å². The predicted octanol–water partition coefficient (Wildman–Crippen LogP) is 3.23. The number of piperazine rings is 1. The van der Waals surface area contributed by atoms with Gasteiger partial charge in [0.25, 0.3) is 0 Å². The number of rotatable bonds is 9. The first-order valence-electron chi connectivity index (χ1n) is 12.0. The first kappa shape index (κ1) is 26.5. The van der Waals surface area contributed by atoms with E-state index in [0.717, 1.165) is 16.8 Å². The van der Waals surface area contributed by atoms with Crippen molar-refractivity contribution < 1.29 is 17.6 Å². The minimum Gasteiger partial charge on any atom is -0.329 e. The van der Waals surface area contributed by atoms with Gasteiger partial charge in [0.2, 0.25) is 5.91 Å². The van der Waals surface area contributed by atoms with Gasteiger partial charge in [0.15, 0.2) is 0 Å². The van der Waals surface area contributed by atoms with Gasteiger partial charge in [-0.15, -0.1) is 0 Å². The Kier molecular flexibility index (Phi) is 8.05. The van der Waals surface area contributed by atoms with Crippen molar-refractivity contribution in [2.24, 2.45) is 0 Å². The van der Waals surface area contributed by atoms with Crippen LogP contribution in [0.15, 0.2) is 55.0 Å². The number of nitrogens with zero attached hydrogens (tertiary/aromatic N) is 5. The van der Waals surface area contributed by atoms with Crippen LogP contribution in [0.5, 0.6) is 0 Å². The van der Waals surface area contributed by atoms with Gasteiger partial charge < -0.3 is 9.47 Å². The zero-order valence-electron chi connectivity index (χ0n) is 21.0. The number of halogens is 1. The molecule has 0 N–H and O–H groups in total. The van der Waals surface area contributed by atoms with E-state index in [2.05, 4.69) is 11.1 Å². The fourth-order valence-corrected chi connectivity index (χ4v) is 5.36. The van der Waals surface area contributed by atoms with Crippen LogP contribution in [-0.4, -0.2) is 59.9 Å². The number of carbonyl (C=O) groups excluding carboxylic acids is 1. The molecule has 1 amide bonds. The lowest BCUT2D eigenvalue weighted by atomic mass is 10.1. The molecule has 2 aromatic carbocycles. The van der Waals surface area contributed by atoms with Crippen molar-refractivity contribution in [2.45, 2.75) is 39.2 Å².